The molecule has 1 unspecified atom stereocenters. The smallest absolute Gasteiger partial charge is 0.274 e. The SMILES string of the molecule is CCC(C)Nc1ccc2nnc(CNC(=O)c3nc(-c4ccccc4)cnc3N)n2n1. The molecule has 0 spiro atoms. The molecule has 158 valence electrons. The van der Waals surface area contributed by atoms with E-state index in [-0.39, 0.29) is 24.1 Å². The summed E-state index contributed by atoms with van der Waals surface area (Å²) in [4.78, 5) is 21.3. The first-order valence-electron chi connectivity index (χ1n) is 9.99. The van der Waals surface area contributed by atoms with Crippen LogP contribution in [-0.2, 0) is 6.54 Å². The van der Waals surface area contributed by atoms with Crippen molar-refractivity contribution in [2.75, 3.05) is 11.1 Å². The molecule has 0 aliphatic carbocycles. The average molecular weight is 417 g/mol. The molecule has 3 aromatic heterocycles. The second-order valence-electron chi connectivity index (χ2n) is 7.10. The van der Waals surface area contributed by atoms with Crippen molar-refractivity contribution in [3.8, 4) is 11.3 Å². The van der Waals surface area contributed by atoms with Crippen LogP contribution >= 0.6 is 0 Å². The standard InChI is InChI=1S/C21H23N9O/c1-3-13(2)25-16-9-10-17-27-28-18(30(17)29-16)12-24-21(31)19-20(22)23-11-15(26-19)14-7-5-4-6-8-14/h4-11,13H,3,12H2,1-2H3,(H2,22,23)(H,24,31)(H,25,29). The van der Waals surface area contributed by atoms with Crippen LogP contribution in [0.5, 0.6) is 0 Å². The van der Waals surface area contributed by atoms with Gasteiger partial charge in [-0.1, -0.05) is 37.3 Å². The maximum Gasteiger partial charge on any atom is 0.274 e. The molecule has 10 nitrogen and oxygen atoms in total. The number of nitrogen functional groups attached to an aromatic ring is 1. The third-order valence-corrected chi connectivity index (χ3v) is 4.83. The number of nitrogens with one attached hydrogen (secondary N) is 2. The number of nitrogens with two attached hydrogens (primary N) is 1. The highest BCUT2D eigenvalue weighted by Gasteiger charge is 2.16. The van der Waals surface area contributed by atoms with Crippen LogP contribution in [0.4, 0.5) is 11.6 Å². The van der Waals surface area contributed by atoms with Gasteiger partial charge in [0.05, 0.1) is 18.4 Å². The lowest BCUT2D eigenvalue weighted by Crippen LogP contribution is -2.26. The molecule has 0 fully saturated rings. The van der Waals surface area contributed by atoms with E-state index in [0.29, 0.717) is 23.0 Å². The minimum absolute atomic E-state index is 0.0569. The fourth-order valence-corrected chi connectivity index (χ4v) is 2.93. The quantitative estimate of drug-likeness (QED) is 0.417. The van der Waals surface area contributed by atoms with Gasteiger partial charge in [0.25, 0.3) is 5.91 Å². The molecule has 4 N–H and O–H groups in total. The summed E-state index contributed by atoms with van der Waals surface area (Å²) in [6.07, 6.45) is 2.51. The molecule has 1 aromatic carbocycles. The number of anilines is 2. The van der Waals surface area contributed by atoms with Gasteiger partial charge in [0.1, 0.15) is 5.82 Å². The summed E-state index contributed by atoms with van der Waals surface area (Å²) in [6, 6.07) is 13.4. The second kappa shape index (κ2) is 8.74. The largest absolute Gasteiger partial charge is 0.382 e. The average Bonchev–Trinajstić information content (AvgIpc) is 3.20. The molecule has 31 heavy (non-hydrogen) atoms. The minimum atomic E-state index is -0.451. The Morgan fingerprint density at radius 1 is 1.16 bits per heavy atom. The van der Waals surface area contributed by atoms with E-state index in [4.69, 9.17) is 5.73 Å². The van der Waals surface area contributed by atoms with Gasteiger partial charge in [-0.15, -0.1) is 15.3 Å². The Morgan fingerprint density at radius 3 is 2.74 bits per heavy atom. The fourth-order valence-electron chi connectivity index (χ4n) is 2.93. The maximum absolute atomic E-state index is 12.7. The Labute approximate surface area is 178 Å². The Bertz CT molecular complexity index is 1210. The van der Waals surface area contributed by atoms with Crippen molar-refractivity contribution in [2.24, 2.45) is 0 Å². The van der Waals surface area contributed by atoms with Crippen LogP contribution in [0.1, 0.15) is 36.6 Å². The number of carbonyl (C=O) groups is 1. The molecule has 0 aliphatic heterocycles. The van der Waals surface area contributed by atoms with Crippen molar-refractivity contribution in [1.29, 1.82) is 0 Å². The van der Waals surface area contributed by atoms with E-state index >= 15 is 0 Å². The molecule has 0 bridgehead atoms. The number of fused-ring (bicyclic) bond motifs is 1. The van der Waals surface area contributed by atoms with Crippen molar-refractivity contribution < 1.29 is 4.79 Å². The molecule has 1 atom stereocenters. The first-order chi connectivity index (χ1) is 15.0. The van der Waals surface area contributed by atoms with Crippen molar-refractivity contribution >= 4 is 23.2 Å². The van der Waals surface area contributed by atoms with Crippen LogP contribution in [-0.4, -0.2) is 41.7 Å². The van der Waals surface area contributed by atoms with Crippen molar-refractivity contribution in [3.63, 3.8) is 0 Å². The highest BCUT2D eigenvalue weighted by atomic mass is 16.1. The second-order valence-corrected chi connectivity index (χ2v) is 7.10. The zero-order chi connectivity index (χ0) is 21.8. The molecule has 0 radical (unpaired) electrons. The molecule has 0 saturated heterocycles. The van der Waals surface area contributed by atoms with Crippen molar-refractivity contribution in [1.82, 2.24) is 35.1 Å². The lowest BCUT2D eigenvalue weighted by atomic mass is 10.1. The van der Waals surface area contributed by atoms with Crippen LogP contribution in [0, 0.1) is 0 Å². The molecular formula is C21H23N9O. The van der Waals surface area contributed by atoms with Crippen LogP contribution in [0.2, 0.25) is 0 Å². The summed E-state index contributed by atoms with van der Waals surface area (Å²) in [7, 11) is 0. The number of nitrogens with zero attached hydrogens (tertiary/aromatic N) is 6. The van der Waals surface area contributed by atoms with Crippen LogP contribution in [0.15, 0.2) is 48.7 Å². The topological polar surface area (TPSA) is 136 Å². The summed E-state index contributed by atoms with van der Waals surface area (Å²) < 4.78 is 1.60. The van der Waals surface area contributed by atoms with Crippen LogP contribution in [0.25, 0.3) is 16.9 Å². The van der Waals surface area contributed by atoms with E-state index in [0.717, 1.165) is 12.0 Å². The van der Waals surface area contributed by atoms with Crippen molar-refractivity contribution in [3.05, 3.63) is 60.2 Å². The van der Waals surface area contributed by atoms with Gasteiger partial charge in [-0.2, -0.15) is 4.52 Å². The Morgan fingerprint density at radius 2 is 1.97 bits per heavy atom. The van der Waals surface area contributed by atoms with Gasteiger partial charge in [0, 0.05) is 11.6 Å². The Balaban J connectivity index is 1.52. The number of carbonyl (C=O) groups excluding carboxylic acids is 1. The van der Waals surface area contributed by atoms with Gasteiger partial charge in [-0.3, -0.25) is 4.79 Å². The van der Waals surface area contributed by atoms with Crippen LogP contribution < -0.4 is 16.4 Å². The zero-order valence-electron chi connectivity index (χ0n) is 17.3. The van der Waals surface area contributed by atoms with E-state index in [1.807, 2.05) is 42.5 Å². The maximum atomic E-state index is 12.7. The van der Waals surface area contributed by atoms with Gasteiger partial charge in [0.2, 0.25) is 0 Å². The first kappa shape index (κ1) is 20.2. The Kier molecular flexibility index (Phi) is 5.69. The van der Waals surface area contributed by atoms with Gasteiger partial charge in [0.15, 0.2) is 23.0 Å². The molecule has 10 heteroatoms. The summed E-state index contributed by atoms with van der Waals surface area (Å²) in [5, 5.41) is 18.8. The van der Waals surface area contributed by atoms with E-state index in [1.165, 1.54) is 0 Å². The van der Waals surface area contributed by atoms with E-state index in [1.54, 1.807) is 10.7 Å². The van der Waals surface area contributed by atoms with E-state index < -0.39 is 5.91 Å². The highest BCUT2D eigenvalue weighted by molar-refractivity contribution is 5.96. The van der Waals surface area contributed by atoms with Crippen molar-refractivity contribution in [2.45, 2.75) is 32.9 Å². The van der Waals surface area contributed by atoms with Crippen LogP contribution in [0.3, 0.4) is 0 Å². The number of rotatable bonds is 7. The predicted octanol–water partition coefficient (Wildman–Crippen LogP) is 2.30. The molecule has 3 heterocycles. The fraction of sp³-hybridized carbons (Fsp3) is 0.238. The van der Waals surface area contributed by atoms with Gasteiger partial charge >= 0.3 is 0 Å². The molecular weight excluding hydrogens is 394 g/mol. The number of hydrogen-bond acceptors (Lipinski definition) is 8. The van der Waals surface area contributed by atoms with Gasteiger partial charge in [-0.05, 0) is 25.5 Å². The monoisotopic (exact) mass is 417 g/mol. The van der Waals surface area contributed by atoms with E-state index in [9.17, 15) is 4.79 Å². The Hall–Kier alpha value is -4.08. The molecule has 4 aromatic rings. The minimum Gasteiger partial charge on any atom is -0.382 e. The van der Waals surface area contributed by atoms with E-state index in [2.05, 4.69) is 49.7 Å². The summed E-state index contributed by atoms with van der Waals surface area (Å²) in [5.74, 6) is 0.802. The molecule has 1 amide bonds. The summed E-state index contributed by atoms with van der Waals surface area (Å²) in [6.45, 7) is 4.28. The third-order valence-electron chi connectivity index (χ3n) is 4.83. The summed E-state index contributed by atoms with van der Waals surface area (Å²) in [5.41, 5.74) is 7.95. The number of aromatic nitrogens is 6. The lowest BCUT2D eigenvalue weighted by molar-refractivity contribution is 0.0945. The molecule has 0 aliphatic rings. The summed E-state index contributed by atoms with van der Waals surface area (Å²) >= 11 is 0. The highest BCUT2D eigenvalue weighted by Crippen LogP contribution is 2.18. The van der Waals surface area contributed by atoms with Gasteiger partial charge in [-0.25, -0.2) is 9.97 Å². The first-order valence-corrected chi connectivity index (χ1v) is 9.99. The normalized spacial score (nSPS) is 11.9. The lowest BCUT2D eigenvalue weighted by Gasteiger charge is -2.12. The molecule has 4 rings (SSSR count). The third kappa shape index (κ3) is 4.42. The molecule has 0 saturated carbocycles. The van der Waals surface area contributed by atoms with Gasteiger partial charge < -0.3 is 16.4 Å². The zero-order valence-corrected chi connectivity index (χ0v) is 17.3. The predicted molar refractivity (Wildman–Crippen MR) is 117 cm³/mol. The number of benzene rings is 1. The number of amides is 1. The number of hydrogen-bond donors (Lipinski definition) is 3.